The van der Waals surface area contributed by atoms with Gasteiger partial charge in [-0.25, -0.2) is 0 Å². The number of amides is 1. The summed E-state index contributed by atoms with van der Waals surface area (Å²) in [6, 6.07) is 14.0. The monoisotopic (exact) mass is 420 g/mol. The topological polar surface area (TPSA) is 91.9 Å². The number of benzene rings is 2. The molecular weight excluding hydrogens is 396 g/mol. The molecule has 1 atom stereocenters. The number of H-pyrrole nitrogens is 1. The van der Waals surface area contributed by atoms with Crippen LogP contribution in [0, 0.1) is 0 Å². The van der Waals surface area contributed by atoms with E-state index in [0.717, 1.165) is 10.9 Å². The lowest BCUT2D eigenvalue weighted by molar-refractivity contribution is -0.140. The van der Waals surface area contributed by atoms with Gasteiger partial charge in [0.1, 0.15) is 11.5 Å². The Bertz CT molecular complexity index is 1150. The first kappa shape index (κ1) is 20.7. The highest BCUT2D eigenvalue weighted by atomic mass is 16.5. The Kier molecular flexibility index (Phi) is 5.77. The van der Waals surface area contributed by atoms with Gasteiger partial charge in [-0.15, -0.1) is 0 Å². The Hall–Kier alpha value is -3.58. The number of hydrogen-bond acceptors (Lipinski definition) is 5. The van der Waals surface area contributed by atoms with Gasteiger partial charge >= 0.3 is 0 Å². The maximum atomic E-state index is 13.0. The zero-order chi connectivity index (χ0) is 22.0. The fourth-order valence-electron chi connectivity index (χ4n) is 3.97. The number of carbonyl (C=O) groups is 2. The van der Waals surface area contributed by atoms with Crippen LogP contribution in [0.25, 0.3) is 16.7 Å². The van der Waals surface area contributed by atoms with Crippen LogP contribution in [0.4, 0.5) is 0 Å². The van der Waals surface area contributed by atoms with Crippen LogP contribution in [-0.4, -0.2) is 53.5 Å². The summed E-state index contributed by atoms with van der Waals surface area (Å²) in [7, 11) is 1.54. The standard InChI is InChI=1S/C24H24N2O5/c1-3-31-16-10-8-15(9-11-16)21-20(23(28)24(29)26(21)12-13-30-2)22(27)18-14-25-19-7-5-4-6-17(18)19/h4-11,14,21,25,27H,3,12-13H2,1-2H3/b22-20-. The number of hydrogen-bond donors (Lipinski definition) is 2. The molecule has 1 aromatic heterocycles. The van der Waals surface area contributed by atoms with E-state index in [2.05, 4.69) is 4.98 Å². The Labute approximate surface area is 179 Å². The second-order valence-corrected chi connectivity index (χ2v) is 7.24. The van der Waals surface area contributed by atoms with Gasteiger partial charge in [-0.3, -0.25) is 9.59 Å². The molecule has 7 heteroatoms. The molecule has 1 saturated heterocycles. The summed E-state index contributed by atoms with van der Waals surface area (Å²) in [6.45, 7) is 2.93. The molecule has 3 aromatic rings. The number of aliphatic hydroxyl groups excluding tert-OH is 1. The average Bonchev–Trinajstić information content (AvgIpc) is 3.32. The van der Waals surface area contributed by atoms with Crippen LogP contribution in [-0.2, 0) is 14.3 Å². The van der Waals surface area contributed by atoms with E-state index in [-0.39, 0.29) is 24.5 Å². The Balaban J connectivity index is 1.86. The molecule has 1 aliphatic heterocycles. The first-order chi connectivity index (χ1) is 15.1. The summed E-state index contributed by atoms with van der Waals surface area (Å²) in [4.78, 5) is 30.4. The van der Waals surface area contributed by atoms with Crippen LogP contribution < -0.4 is 4.74 Å². The minimum Gasteiger partial charge on any atom is -0.507 e. The van der Waals surface area contributed by atoms with Gasteiger partial charge in [0.05, 0.1) is 24.8 Å². The number of rotatable bonds is 7. The van der Waals surface area contributed by atoms with Gasteiger partial charge in [0.25, 0.3) is 11.7 Å². The summed E-state index contributed by atoms with van der Waals surface area (Å²) >= 11 is 0. The Morgan fingerprint density at radius 2 is 1.87 bits per heavy atom. The second kappa shape index (κ2) is 8.65. The van der Waals surface area contributed by atoms with Crippen molar-refractivity contribution in [1.82, 2.24) is 9.88 Å². The van der Waals surface area contributed by atoms with E-state index >= 15 is 0 Å². The molecule has 1 unspecified atom stereocenters. The number of Topliss-reactive ketones (excluding diaryl/α,β-unsaturated/α-hetero) is 1. The van der Waals surface area contributed by atoms with E-state index in [1.54, 1.807) is 18.3 Å². The summed E-state index contributed by atoms with van der Waals surface area (Å²) in [6.07, 6.45) is 1.65. The highest BCUT2D eigenvalue weighted by molar-refractivity contribution is 6.46. The SMILES string of the molecule is CCOc1ccc(C2/C(=C(/O)c3c[nH]c4ccccc34)C(=O)C(=O)N2CCOC)cc1. The fourth-order valence-corrected chi connectivity index (χ4v) is 3.97. The molecule has 31 heavy (non-hydrogen) atoms. The van der Waals surface area contributed by atoms with Crippen LogP contribution in [0.1, 0.15) is 24.1 Å². The van der Waals surface area contributed by atoms with Gasteiger partial charge in [-0.2, -0.15) is 0 Å². The van der Waals surface area contributed by atoms with Crippen molar-refractivity contribution >= 4 is 28.4 Å². The van der Waals surface area contributed by atoms with Gasteiger partial charge in [0.15, 0.2) is 0 Å². The van der Waals surface area contributed by atoms with E-state index in [9.17, 15) is 14.7 Å². The predicted octanol–water partition coefficient (Wildman–Crippen LogP) is 3.63. The zero-order valence-electron chi connectivity index (χ0n) is 17.4. The van der Waals surface area contributed by atoms with Crippen molar-refractivity contribution in [2.75, 3.05) is 26.9 Å². The highest BCUT2D eigenvalue weighted by Gasteiger charge is 2.46. The first-order valence-corrected chi connectivity index (χ1v) is 10.1. The van der Waals surface area contributed by atoms with Crippen molar-refractivity contribution in [3.05, 3.63) is 71.4 Å². The minimum atomic E-state index is -0.723. The Morgan fingerprint density at radius 1 is 1.13 bits per heavy atom. The van der Waals surface area contributed by atoms with Gasteiger partial charge in [-0.1, -0.05) is 30.3 Å². The van der Waals surface area contributed by atoms with Crippen molar-refractivity contribution in [3.8, 4) is 5.75 Å². The third-order valence-corrected chi connectivity index (χ3v) is 5.43. The van der Waals surface area contributed by atoms with E-state index in [1.165, 1.54) is 12.0 Å². The third-order valence-electron chi connectivity index (χ3n) is 5.43. The number of aromatic amines is 1. The van der Waals surface area contributed by atoms with E-state index in [0.29, 0.717) is 23.5 Å². The zero-order valence-corrected chi connectivity index (χ0v) is 17.4. The van der Waals surface area contributed by atoms with Crippen LogP contribution in [0.15, 0.2) is 60.3 Å². The lowest BCUT2D eigenvalue weighted by Gasteiger charge is -2.25. The van der Waals surface area contributed by atoms with Crippen LogP contribution in [0.3, 0.4) is 0 Å². The number of fused-ring (bicyclic) bond motifs is 1. The molecule has 0 radical (unpaired) electrons. The summed E-state index contributed by atoms with van der Waals surface area (Å²) in [5.41, 5.74) is 2.08. The summed E-state index contributed by atoms with van der Waals surface area (Å²) in [5, 5.41) is 12.0. The molecule has 2 heterocycles. The van der Waals surface area contributed by atoms with E-state index < -0.39 is 17.7 Å². The fraction of sp³-hybridized carbons (Fsp3) is 0.250. The maximum absolute atomic E-state index is 13.0. The molecule has 0 spiro atoms. The number of aromatic nitrogens is 1. The molecule has 1 amide bonds. The molecule has 0 saturated carbocycles. The Morgan fingerprint density at radius 3 is 2.58 bits per heavy atom. The lowest BCUT2D eigenvalue weighted by atomic mass is 9.95. The third kappa shape index (κ3) is 3.68. The van der Waals surface area contributed by atoms with Crippen LogP contribution in [0.5, 0.6) is 5.75 Å². The number of nitrogens with zero attached hydrogens (tertiary/aromatic N) is 1. The van der Waals surface area contributed by atoms with E-state index in [1.807, 2.05) is 43.3 Å². The highest BCUT2D eigenvalue weighted by Crippen LogP contribution is 2.40. The lowest BCUT2D eigenvalue weighted by Crippen LogP contribution is -2.32. The smallest absolute Gasteiger partial charge is 0.295 e. The quantitative estimate of drug-likeness (QED) is 0.346. The second-order valence-electron chi connectivity index (χ2n) is 7.24. The molecule has 4 rings (SSSR count). The van der Waals surface area contributed by atoms with Crippen molar-refractivity contribution in [1.29, 1.82) is 0 Å². The molecule has 1 fully saturated rings. The van der Waals surface area contributed by atoms with Gasteiger partial charge < -0.3 is 24.5 Å². The number of para-hydroxylation sites is 1. The van der Waals surface area contributed by atoms with Crippen molar-refractivity contribution in [3.63, 3.8) is 0 Å². The molecular formula is C24H24N2O5. The largest absolute Gasteiger partial charge is 0.507 e. The van der Waals surface area contributed by atoms with Gasteiger partial charge in [0, 0.05) is 36.3 Å². The molecule has 0 aliphatic carbocycles. The van der Waals surface area contributed by atoms with Crippen molar-refractivity contribution < 1.29 is 24.2 Å². The number of carbonyl (C=O) groups excluding carboxylic acids is 2. The number of aliphatic hydroxyl groups is 1. The molecule has 7 nitrogen and oxygen atoms in total. The minimum absolute atomic E-state index is 0.0648. The predicted molar refractivity (Wildman–Crippen MR) is 117 cm³/mol. The van der Waals surface area contributed by atoms with Gasteiger partial charge in [-0.05, 0) is 30.7 Å². The molecule has 2 aromatic carbocycles. The molecule has 160 valence electrons. The summed E-state index contributed by atoms with van der Waals surface area (Å²) in [5.74, 6) is -0.874. The van der Waals surface area contributed by atoms with Crippen molar-refractivity contribution in [2.45, 2.75) is 13.0 Å². The number of ether oxygens (including phenoxy) is 2. The van der Waals surface area contributed by atoms with E-state index in [4.69, 9.17) is 9.47 Å². The average molecular weight is 420 g/mol. The molecule has 1 aliphatic rings. The maximum Gasteiger partial charge on any atom is 0.295 e. The van der Waals surface area contributed by atoms with Crippen molar-refractivity contribution in [2.24, 2.45) is 0 Å². The summed E-state index contributed by atoms with van der Waals surface area (Å²) < 4.78 is 10.6. The number of ketones is 1. The number of nitrogens with one attached hydrogen (secondary N) is 1. The van der Waals surface area contributed by atoms with Gasteiger partial charge in [0.2, 0.25) is 0 Å². The molecule has 0 bridgehead atoms. The molecule has 2 N–H and O–H groups in total. The first-order valence-electron chi connectivity index (χ1n) is 10.1. The van der Waals surface area contributed by atoms with Crippen LogP contribution in [0.2, 0.25) is 0 Å². The number of methoxy groups -OCH3 is 1. The normalized spacial score (nSPS) is 18.1. The van der Waals surface area contributed by atoms with Crippen LogP contribution >= 0.6 is 0 Å². The number of likely N-dealkylation sites (tertiary alicyclic amines) is 1.